The van der Waals surface area contributed by atoms with Gasteiger partial charge in [0.05, 0.1) is 23.3 Å². The standard InChI is InChI=1S/C18H21N5/c1-12(2)23-11-18(3,4)21-17(23)14(9-19)15-10-20-22-16-8-6-5-7-13(15)16/h5-8,10,12,14H,11H2,1-4H3/t14-/m0/s1. The second-order valence-corrected chi connectivity index (χ2v) is 6.88. The lowest BCUT2D eigenvalue weighted by Gasteiger charge is -2.28. The molecule has 1 aromatic carbocycles. The first-order valence-electron chi connectivity index (χ1n) is 7.89. The van der Waals surface area contributed by atoms with Gasteiger partial charge in [-0.3, -0.25) is 4.99 Å². The fraction of sp³-hybridized carbons (Fsp3) is 0.444. The molecule has 0 bridgehead atoms. The van der Waals surface area contributed by atoms with Gasteiger partial charge in [0.2, 0.25) is 0 Å². The highest BCUT2D eigenvalue weighted by molar-refractivity contribution is 5.97. The molecule has 0 amide bonds. The van der Waals surface area contributed by atoms with E-state index in [2.05, 4.69) is 48.9 Å². The number of aromatic nitrogens is 2. The second kappa shape index (κ2) is 5.62. The molecular weight excluding hydrogens is 286 g/mol. The van der Waals surface area contributed by atoms with Crippen LogP contribution in [0.2, 0.25) is 0 Å². The largest absolute Gasteiger partial charge is 0.354 e. The maximum Gasteiger partial charge on any atom is 0.131 e. The van der Waals surface area contributed by atoms with Gasteiger partial charge in [-0.2, -0.15) is 15.5 Å². The van der Waals surface area contributed by atoms with E-state index in [9.17, 15) is 5.26 Å². The fourth-order valence-electron chi connectivity index (χ4n) is 3.11. The molecule has 0 unspecified atom stereocenters. The normalized spacial score (nSPS) is 18.1. The van der Waals surface area contributed by atoms with E-state index in [4.69, 9.17) is 4.99 Å². The molecule has 0 radical (unpaired) electrons. The van der Waals surface area contributed by atoms with E-state index in [0.29, 0.717) is 6.04 Å². The first-order chi connectivity index (χ1) is 10.9. The SMILES string of the molecule is CC(C)N1CC(C)(C)N=C1[C@@H](C#N)c1cnnc2ccccc12. The van der Waals surface area contributed by atoms with E-state index in [1.165, 1.54) is 0 Å². The first kappa shape index (κ1) is 15.4. The van der Waals surface area contributed by atoms with Crippen molar-refractivity contribution in [1.82, 2.24) is 15.1 Å². The Kier molecular flexibility index (Phi) is 3.77. The molecule has 2 aromatic rings. The van der Waals surface area contributed by atoms with Gasteiger partial charge in [-0.1, -0.05) is 18.2 Å². The summed E-state index contributed by atoms with van der Waals surface area (Å²) in [4.78, 5) is 7.07. The molecule has 1 atom stereocenters. The number of hydrogen-bond acceptors (Lipinski definition) is 5. The summed E-state index contributed by atoms with van der Waals surface area (Å²) in [6.45, 7) is 9.30. The highest BCUT2D eigenvalue weighted by Crippen LogP contribution is 2.32. The van der Waals surface area contributed by atoms with Crippen molar-refractivity contribution in [2.45, 2.75) is 45.2 Å². The molecule has 118 valence electrons. The lowest BCUT2D eigenvalue weighted by Crippen LogP contribution is -2.39. The first-order valence-corrected chi connectivity index (χ1v) is 7.89. The van der Waals surface area contributed by atoms with Crippen molar-refractivity contribution in [2.24, 2.45) is 4.99 Å². The van der Waals surface area contributed by atoms with Crippen LogP contribution < -0.4 is 0 Å². The predicted octanol–water partition coefficient (Wildman–Crippen LogP) is 3.14. The molecular formula is C18H21N5. The monoisotopic (exact) mass is 307 g/mol. The van der Waals surface area contributed by atoms with Gasteiger partial charge in [-0.05, 0) is 33.8 Å². The van der Waals surface area contributed by atoms with Crippen LogP contribution in [-0.2, 0) is 0 Å². The van der Waals surface area contributed by atoms with Gasteiger partial charge in [-0.15, -0.1) is 0 Å². The third-order valence-electron chi connectivity index (χ3n) is 4.17. The quantitative estimate of drug-likeness (QED) is 0.874. The van der Waals surface area contributed by atoms with Crippen molar-refractivity contribution in [2.75, 3.05) is 6.54 Å². The maximum absolute atomic E-state index is 9.86. The van der Waals surface area contributed by atoms with E-state index in [1.54, 1.807) is 6.20 Å². The van der Waals surface area contributed by atoms with E-state index < -0.39 is 5.92 Å². The number of nitriles is 1. The number of nitrogens with zero attached hydrogens (tertiary/aromatic N) is 5. The summed E-state index contributed by atoms with van der Waals surface area (Å²) in [7, 11) is 0. The molecule has 5 heteroatoms. The van der Waals surface area contributed by atoms with Gasteiger partial charge in [0, 0.05) is 23.5 Å². The zero-order chi connectivity index (χ0) is 16.6. The van der Waals surface area contributed by atoms with Gasteiger partial charge in [0.25, 0.3) is 0 Å². The Morgan fingerprint density at radius 2 is 2.00 bits per heavy atom. The van der Waals surface area contributed by atoms with Gasteiger partial charge in [0.1, 0.15) is 11.8 Å². The van der Waals surface area contributed by atoms with Crippen LogP contribution in [0.3, 0.4) is 0 Å². The van der Waals surface area contributed by atoms with E-state index in [0.717, 1.165) is 28.8 Å². The molecule has 0 N–H and O–H groups in total. The maximum atomic E-state index is 9.86. The van der Waals surface area contributed by atoms with Crippen molar-refractivity contribution < 1.29 is 0 Å². The highest BCUT2D eigenvalue weighted by atomic mass is 15.3. The predicted molar refractivity (Wildman–Crippen MR) is 91.2 cm³/mol. The van der Waals surface area contributed by atoms with Crippen LogP contribution in [-0.4, -0.2) is 39.1 Å². The second-order valence-electron chi connectivity index (χ2n) is 6.88. The van der Waals surface area contributed by atoms with Crippen LogP contribution in [0.4, 0.5) is 0 Å². The molecule has 0 spiro atoms. The van der Waals surface area contributed by atoms with Crippen LogP contribution >= 0.6 is 0 Å². The Morgan fingerprint density at radius 1 is 1.26 bits per heavy atom. The van der Waals surface area contributed by atoms with Crippen molar-refractivity contribution in [3.05, 3.63) is 36.0 Å². The van der Waals surface area contributed by atoms with E-state index >= 15 is 0 Å². The van der Waals surface area contributed by atoms with Gasteiger partial charge < -0.3 is 4.90 Å². The summed E-state index contributed by atoms with van der Waals surface area (Å²) in [6, 6.07) is 10.5. The van der Waals surface area contributed by atoms with Gasteiger partial charge in [0.15, 0.2) is 0 Å². The van der Waals surface area contributed by atoms with Crippen LogP contribution in [0.15, 0.2) is 35.5 Å². The smallest absolute Gasteiger partial charge is 0.131 e. The summed E-state index contributed by atoms with van der Waals surface area (Å²) in [6.07, 6.45) is 1.70. The Labute approximate surface area is 136 Å². The Hall–Kier alpha value is -2.48. The average Bonchev–Trinajstić information content (AvgIpc) is 2.84. The molecule has 5 nitrogen and oxygen atoms in total. The van der Waals surface area contributed by atoms with Crippen LogP contribution in [0.1, 0.15) is 39.2 Å². The fourth-order valence-corrected chi connectivity index (χ4v) is 3.11. The van der Waals surface area contributed by atoms with Gasteiger partial charge >= 0.3 is 0 Å². The number of aliphatic imine (C=N–C) groups is 1. The summed E-state index contributed by atoms with van der Waals surface area (Å²) < 4.78 is 0. The van der Waals surface area contributed by atoms with E-state index in [1.807, 2.05) is 24.3 Å². The summed E-state index contributed by atoms with van der Waals surface area (Å²) >= 11 is 0. The molecule has 0 saturated carbocycles. The van der Waals surface area contributed by atoms with Gasteiger partial charge in [-0.25, -0.2) is 0 Å². The number of hydrogen-bond donors (Lipinski definition) is 0. The van der Waals surface area contributed by atoms with Crippen molar-refractivity contribution in [3.8, 4) is 6.07 Å². The minimum Gasteiger partial charge on any atom is -0.354 e. The lowest BCUT2D eigenvalue weighted by atomic mass is 9.96. The molecule has 0 aliphatic carbocycles. The van der Waals surface area contributed by atoms with Crippen LogP contribution in [0, 0.1) is 11.3 Å². The van der Waals surface area contributed by atoms with E-state index in [-0.39, 0.29) is 5.54 Å². The van der Waals surface area contributed by atoms with Crippen molar-refractivity contribution in [3.63, 3.8) is 0 Å². The zero-order valence-corrected chi connectivity index (χ0v) is 14.0. The summed E-state index contributed by atoms with van der Waals surface area (Å²) in [5.74, 6) is 0.408. The van der Waals surface area contributed by atoms with Crippen molar-refractivity contribution >= 4 is 16.7 Å². The zero-order valence-electron chi connectivity index (χ0n) is 14.0. The highest BCUT2D eigenvalue weighted by Gasteiger charge is 2.37. The molecule has 0 fully saturated rings. The molecule has 1 aliphatic heterocycles. The number of fused-ring (bicyclic) bond motifs is 1. The molecule has 1 aromatic heterocycles. The Bertz CT molecular complexity index is 795. The Balaban J connectivity index is 2.14. The third-order valence-corrected chi connectivity index (χ3v) is 4.17. The van der Waals surface area contributed by atoms with Crippen molar-refractivity contribution in [1.29, 1.82) is 5.26 Å². The summed E-state index contributed by atoms with van der Waals surface area (Å²) in [5, 5.41) is 19.1. The summed E-state index contributed by atoms with van der Waals surface area (Å²) in [5.41, 5.74) is 1.50. The Morgan fingerprint density at radius 3 is 2.70 bits per heavy atom. The molecule has 2 heterocycles. The average molecular weight is 307 g/mol. The molecule has 23 heavy (non-hydrogen) atoms. The van der Waals surface area contributed by atoms with Crippen LogP contribution in [0.5, 0.6) is 0 Å². The minimum absolute atomic E-state index is 0.176. The molecule has 0 saturated heterocycles. The lowest BCUT2D eigenvalue weighted by molar-refractivity contribution is 0.320. The topological polar surface area (TPSA) is 65.2 Å². The van der Waals surface area contributed by atoms with Crippen LogP contribution in [0.25, 0.3) is 10.9 Å². The minimum atomic E-state index is -0.431. The third kappa shape index (κ3) is 2.77. The molecule has 1 aliphatic rings. The number of rotatable bonds is 3. The number of amidine groups is 1. The molecule has 3 rings (SSSR count). The number of benzene rings is 1.